The van der Waals surface area contributed by atoms with Crippen molar-refractivity contribution in [2.24, 2.45) is 0 Å². The fourth-order valence-corrected chi connectivity index (χ4v) is 3.38. The van der Waals surface area contributed by atoms with Crippen LogP contribution in [0.1, 0.15) is 18.6 Å². The van der Waals surface area contributed by atoms with Crippen LogP contribution in [0, 0.1) is 0 Å². The standard InChI is InChI=1S/C10H11ClF3NO3S/c11-5-8-3-4-9(18-8)19(16,17)15(7-1-2-7)6-10(12,13)14/h3-4,7H,1-2,5-6H2. The van der Waals surface area contributed by atoms with Crippen LogP contribution in [0.5, 0.6) is 0 Å². The summed E-state index contributed by atoms with van der Waals surface area (Å²) in [7, 11) is -4.27. The van der Waals surface area contributed by atoms with E-state index in [4.69, 9.17) is 16.0 Å². The first kappa shape index (κ1) is 14.7. The minimum Gasteiger partial charge on any atom is -0.447 e. The second kappa shape index (κ2) is 4.99. The molecule has 0 aromatic carbocycles. The van der Waals surface area contributed by atoms with Gasteiger partial charge in [0.05, 0.1) is 5.88 Å². The van der Waals surface area contributed by atoms with Gasteiger partial charge in [0.2, 0.25) is 5.09 Å². The van der Waals surface area contributed by atoms with Crippen molar-refractivity contribution in [2.45, 2.75) is 36.0 Å². The number of hydrogen-bond donors (Lipinski definition) is 0. The average molecular weight is 318 g/mol. The maximum atomic E-state index is 12.5. The largest absolute Gasteiger partial charge is 0.447 e. The molecule has 0 atom stereocenters. The van der Waals surface area contributed by atoms with Crippen LogP contribution in [0.4, 0.5) is 13.2 Å². The average Bonchev–Trinajstić information content (AvgIpc) is 3.00. The number of rotatable bonds is 5. The molecular formula is C10H11ClF3NO3S. The molecule has 1 fully saturated rings. The highest BCUT2D eigenvalue weighted by molar-refractivity contribution is 7.89. The first-order valence-corrected chi connectivity index (χ1v) is 7.45. The number of alkyl halides is 4. The Bertz CT molecular complexity index is 551. The third-order valence-corrected chi connectivity index (χ3v) is 4.66. The van der Waals surface area contributed by atoms with Gasteiger partial charge >= 0.3 is 6.18 Å². The Morgan fingerprint density at radius 3 is 2.42 bits per heavy atom. The van der Waals surface area contributed by atoms with Gasteiger partial charge in [-0.1, -0.05) is 0 Å². The zero-order valence-electron chi connectivity index (χ0n) is 9.65. The molecule has 9 heteroatoms. The van der Waals surface area contributed by atoms with E-state index < -0.39 is 33.9 Å². The molecule has 0 N–H and O–H groups in total. The first-order valence-electron chi connectivity index (χ1n) is 5.47. The molecule has 2 rings (SSSR count). The summed E-state index contributed by atoms with van der Waals surface area (Å²) in [6, 6.07) is 1.85. The highest BCUT2D eigenvalue weighted by Gasteiger charge is 2.45. The first-order chi connectivity index (χ1) is 8.74. The van der Waals surface area contributed by atoms with Gasteiger partial charge in [0, 0.05) is 6.04 Å². The molecule has 1 aliphatic carbocycles. The normalized spacial score (nSPS) is 17.1. The van der Waals surface area contributed by atoms with Crippen molar-refractivity contribution < 1.29 is 26.0 Å². The number of halogens is 4. The highest BCUT2D eigenvalue weighted by atomic mass is 35.5. The van der Waals surface area contributed by atoms with E-state index in [0.717, 1.165) is 6.07 Å². The predicted octanol–water partition coefficient (Wildman–Crippen LogP) is 2.73. The molecule has 108 valence electrons. The fraction of sp³-hybridized carbons (Fsp3) is 0.600. The van der Waals surface area contributed by atoms with Crippen LogP contribution in [-0.4, -0.2) is 31.5 Å². The minimum atomic E-state index is -4.59. The summed E-state index contributed by atoms with van der Waals surface area (Å²) in [5.41, 5.74) is 0. The van der Waals surface area contributed by atoms with E-state index in [1.165, 1.54) is 6.07 Å². The van der Waals surface area contributed by atoms with E-state index in [1.807, 2.05) is 0 Å². The molecule has 0 amide bonds. The zero-order valence-corrected chi connectivity index (χ0v) is 11.2. The van der Waals surface area contributed by atoms with Gasteiger partial charge in [-0.25, -0.2) is 8.42 Å². The van der Waals surface area contributed by atoms with Crippen molar-refractivity contribution >= 4 is 21.6 Å². The summed E-state index contributed by atoms with van der Waals surface area (Å²) in [6.07, 6.45) is -3.73. The summed E-state index contributed by atoms with van der Waals surface area (Å²) in [5.74, 6) is 0.154. The predicted molar refractivity (Wildman–Crippen MR) is 61.2 cm³/mol. The van der Waals surface area contributed by atoms with Gasteiger partial charge in [0.1, 0.15) is 12.3 Å². The van der Waals surface area contributed by atoms with Crippen LogP contribution in [0.3, 0.4) is 0 Å². The van der Waals surface area contributed by atoms with Crippen molar-refractivity contribution in [3.63, 3.8) is 0 Å². The monoisotopic (exact) mass is 317 g/mol. The summed E-state index contributed by atoms with van der Waals surface area (Å²) in [6.45, 7) is -1.50. The van der Waals surface area contributed by atoms with Crippen molar-refractivity contribution in [3.8, 4) is 0 Å². The lowest BCUT2D eigenvalue weighted by molar-refractivity contribution is -0.137. The Balaban J connectivity index is 2.29. The quantitative estimate of drug-likeness (QED) is 0.785. The molecule has 1 heterocycles. The second-order valence-corrected chi connectivity index (χ2v) is 6.34. The van der Waals surface area contributed by atoms with Crippen LogP contribution >= 0.6 is 11.6 Å². The summed E-state index contributed by atoms with van der Waals surface area (Å²) >= 11 is 5.47. The van der Waals surface area contributed by atoms with Gasteiger partial charge < -0.3 is 4.42 Å². The Labute approximate surface area is 113 Å². The molecule has 0 bridgehead atoms. The highest BCUT2D eigenvalue weighted by Crippen LogP contribution is 2.35. The molecule has 19 heavy (non-hydrogen) atoms. The maximum Gasteiger partial charge on any atom is 0.402 e. The molecule has 1 aromatic rings. The maximum absolute atomic E-state index is 12.5. The number of sulfonamides is 1. The van der Waals surface area contributed by atoms with E-state index in [2.05, 4.69) is 0 Å². The third-order valence-electron chi connectivity index (χ3n) is 2.62. The van der Waals surface area contributed by atoms with Crippen molar-refractivity contribution in [3.05, 3.63) is 17.9 Å². The lowest BCUT2D eigenvalue weighted by Gasteiger charge is -2.21. The molecule has 0 aliphatic heterocycles. The molecule has 0 saturated heterocycles. The van der Waals surface area contributed by atoms with E-state index in [1.54, 1.807) is 0 Å². The van der Waals surface area contributed by atoms with Crippen molar-refractivity contribution in [1.82, 2.24) is 4.31 Å². The zero-order chi connectivity index (χ0) is 14.3. The molecular weight excluding hydrogens is 307 g/mol. The van der Waals surface area contributed by atoms with Crippen LogP contribution in [-0.2, 0) is 15.9 Å². The van der Waals surface area contributed by atoms with Crippen LogP contribution in [0.25, 0.3) is 0 Å². The van der Waals surface area contributed by atoms with Gasteiger partial charge in [-0.05, 0) is 25.0 Å². The lowest BCUT2D eigenvalue weighted by atomic mass is 10.5. The SMILES string of the molecule is O=S(=O)(c1ccc(CCl)o1)N(CC(F)(F)F)C1CC1. The van der Waals surface area contributed by atoms with Crippen LogP contribution in [0.2, 0.25) is 0 Å². The van der Waals surface area contributed by atoms with Gasteiger partial charge in [0.25, 0.3) is 10.0 Å². The van der Waals surface area contributed by atoms with Gasteiger partial charge in [0.15, 0.2) is 0 Å². The smallest absolute Gasteiger partial charge is 0.402 e. The molecule has 1 aromatic heterocycles. The molecule has 1 aliphatic rings. The van der Waals surface area contributed by atoms with E-state index in [-0.39, 0.29) is 11.6 Å². The molecule has 4 nitrogen and oxygen atoms in total. The fourth-order valence-electron chi connectivity index (χ4n) is 1.63. The van der Waals surface area contributed by atoms with E-state index in [9.17, 15) is 21.6 Å². The van der Waals surface area contributed by atoms with Gasteiger partial charge in [-0.3, -0.25) is 0 Å². The van der Waals surface area contributed by atoms with Crippen molar-refractivity contribution in [2.75, 3.05) is 6.54 Å². The van der Waals surface area contributed by atoms with E-state index in [0.29, 0.717) is 17.1 Å². The summed E-state index contributed by atoms with van der Waals surface area (Å²) in [5, 5.41) is -0.501. The van der Waals surface area contributed by atoms with Gasteiger partial charge in [-0.15, -0.1) is 11.6 Å². The number of furan rings is 1. The van der Waals surface area contributed by atoms with Gasteiger partial charge in [-0.2, -0.15) is 17.5 Å². The Morgan fingerprint density at radius 2 is 2.00 bits per heavy atom. The van der Waals surface area contributed by atoms with E-state index >= 15 is 0 Å². The Morgan fingerprint density at radius 1 is 1.37 bits per heavy atom. The Kier molecular flexibility index (Phi) is 3.85. The van der Waals surface area contributed by atoms with Crippen LogP contribution < -0.4 is 0 Å². The lowest BCUT2D eigenvalue weighted by Crippen LogP contribution is -2.40. The summed E-state index contributed by atoms with van der Waals surface area (Å²) < 4.78 is 67.0. The number of nitrogens with zero attached hydrogens (tertiary/aromatic N) is 1. The van der Waals surface area contributed by atoms with Crippen LogP contribution in [0.15, 0.2) is 21.6 Å². The molecule has 1 saturated carbocycles. The number of hydrogen-bond acceptors (Lipinski definition) is 3. The molecule has 0 spiro atoms. The molecule has 0 unspecified atom stereocenters. The minimum absolute atomic E-state index is 0.0434. The summed E-state index contributed by atoms with van der Waals surface area (Å²) in [4.78, 5) is 0. The third kappa shape index (κ3) is 3.43. The second-order valence-electron chi connectivity index (χ2n) is 4.25. The van der Waals surface area contributed by atoms with Crippen molar-refractivity contribution in [1.29, 1.82) is 0 Å². The Hall–Kier alpha value is -0.730. The topological polar surface area (TPSA) is 50.5 Å². The molecule has 0 radical (unpaired) electrons.